The fourth-order valence-corrected chi connectivity index (χ4v) is 0.661. The van der Waals surface area contributed by atoms with Crippen molar-refractivity contribution in [2.75, 3.05) is 5.73 Å². The van der Waals surface area contributed by atoms with Crippen LogP contribution in [-0.2, 0) is 0 Å². The molecule has 0 aliphatic carbocycles. The summed E-state index contributed by atoms with van der Waals surface area (Å²) >= 11 is 0. The van der Waals surface area contributed by atoms with E-state index in [0.29, 0.717) is 0 Å². The van der Waals surface area contributed by atoms with Gasteiger partial charge in [-0.3, -0.25) is 0 Å². The molecule has 0 spiro atoms. The summed E-state index contributed by atoms with van der Waals surface area (Å²) in [5, 5.41) is 0. The Hall–Kier alpha value is -1.60. The van der Waals surface area contributed by atoms with Gasteiger partial charge in [0.15, 0.2) is 5.82 Å². The summed E-state index contributed by atoms with van der Waals surface area (Å²) in [7, 11) is 0. The van der Waals surface area contributed by atoms with Crippen molar-refractivity contribution in [2.24, 2.45) is 0 Å². The number of aromatic nitrogens is 1. The van der Waals surface area contributed by atoms with E-state index >= 15 is 0 Å². The highest BCUT2D eigenvalue weighted by Crippen LogP contribution is 2.28. The third-order valence-corrected chi connectivity index (χ3v) is 1.15. The molecule has 0 aliphatic heterocycles. The first-order valence-electron chi connectivity index (χ1n) is 3.17. The van der Waals surface area contributed by atoms with E-state index in [1.165, 1.54) is 0 Å². The van der Waals surface area contributed by atoms with Gasteiger partial charge in [-0.25, -0.2) is 4.39 Å². The lowest BCUT2D eigenvalue weighted by atomic mass is 10.4. The Labute approximate surface area is 74.3 Å². The summed E-state index contributed by atoms with van der Waals surface area (Å²) in [6.45, 7) is 0. The molecule has 0 aliphatic rings. The second-order valence-electron chi connectivity index (χ2n) is 2.19. The van der Waals surface area contributed by atoms with Crippen molar-refractivity contribution in [3.05, 3.63) is 17.8 Å². The van der Waals surface area contributed by atoms with Crippen LogP contribution in [0.3, 0.4) is 0 Å². The smallest absolute Gasteiger partial charge is 0.392 e. The molecule has 0 unspecified atom stereocenters. The van der Waals surface area contributed by atoms with Crippen molar-refractivity contribution in [2.45, 2.75) is 6.36 Å². The molecule has 0 fully saturated rings. The van der Waals surface area contributed by atoms with Gasteiger partial charge in [-0.05, 0) is 0 Å². The quantitative estimate of drug-likeness (QED) is 0.573. The number of nitrogen functional groups attached to an aromatic ring is 1. The first-order chi connectivity index (χ1) is 6.29. The van der Waals surface area contributed by atoms with Gasteiger partial charge < -0.3 is 10.5 Å². The van der Waals surface area contributed by atoms with Gasteiger partial charge in [0.2, 0.25) is 5.95 Å². The number of ether oxygens (including phenoxy) is 1. The van der Waals surface area contributed by atoms with Crippen molar-refractivity contribution in [1.29, 1.82) is 0 Å². The van der Waals surface area contributed by atoms with Crippen LogP contribution in [0.4, 0.5) is 27.6 Å². The standard InChI is InChI=1S/C6H3F5N2O/c7-2-1-3(8)13-5(4(2)12)14-6(9,10)11/h1H,12H2. The molecule has 0 saturated heterocycles. The summed E-state index contributed by atoms with van der Waals surface area (Å²) in [6.07, 6.45) is -5.10. The van der Waals surface area contributed by atoms with Gasteiger partial charge in [0.1, 0.15) is 5.69 Å². The summed E-state index contributed by atoms with van der Waals surface area (Å²) in [5.74, 6) is -4.15. The van der Waals surface area contributed by atoms with E-state index in [2.05, 4.69) is 9.72 Å². The van der Waals surface area contributed by atoms with E-state index in [9.17, 15) is 22.0 Å². The molecule has 14 heavy (non-hydrogen) atoms. The maximum absolute atomic E-state index is 12.6. The Morgan fingerprint density at radius 2 is 1.86 bits per heavy atom. The molecule has 0 amide bonds. The number of rotatable bonds is 1. The molecule has 1 rings (SSSR count). The van der Waals surface area contributed by atoms with Gasteiger partial charge in [0.05, 0.1) is 0 Å². The molecule has 78 valence electrons. The average molecular weight is 214 g/mol. The van der Waals surface area contributed by atoms with Crippen LogP contribution in [0.25, 0.3) is 0 Å². The number of pyridine rings is 1. The summed E-state index contributed by atoms with van der Waals surface area (Å²) in [4.78, 5) is 2.65. The molecule has 0 aromatic carbocycles. The third kappa shape index (κ3) is 2.44. The van der Waals surface area contributed by atoms with Gasteiger partial charge in [0, 0.05) is 6.07 Å². The molecule has 0 bridgehead atoms. The topological polar surface area (TPSA) is 48.1 Å². The minimum Gasteiger partial charge on any atom is -0.392 e. The van der Waals surface area contributed by atoms with E-state index < -0.39 is 29.7 Å². The fourth-order valence-electron chi connectivity index (χ4n) is 0.661. The van der Waals surface area contributed by atoms with Crippen LogP contribution in [0, 0.1) is 11.8 Å². The molecule has 3 nitrogen and oxygen atoms in total. The summed E-state index contributed by atoms with van der Waals surface area (Å²) in [5.41, 5.74) is 3.83. The molecule has 0 saturated carbocycles. The lowest BCUT2D eigenvalue weighted by Crippen LogP contribution is -2.19. The zero-order chi connectivity index (χ0) is 10.9. The maximum atomic E-state index is 12.6. The van der Waals surface area contributed by atoms with E-state index in [-0.39, 0.29) is 6.07 Å². The van der Waals surface area contributed by atoms with Crippen LogP contribution in [0.15, 0.2) is 6.07 Å². The number of nitrogens with two attached hydrogens (primary N) is 1. The number of hydrogen-bond acceptors (Lipinski definition) is 3. The summed E-state index contributed by atoms with van der Waals surface area (Å²) < 4.78 is 62.9. The summed E-state index contributed by atoms with van der Waals surface area (Å²) in [6, 6.07) is 0.249. The minimum atomic E-state index is -5.10. The predicted molar refractivity (Wildman–Crippen MR) is 35.2 cm³/mol. The largest absolute Gasteiger partial charge is 0.574 e. The Kier molecular flexibility index (Phi) is 2.45. The van der Waals surface area contributed by atoms with Crippen molar-refractivity contribution in [1.82, 2.24) is 4.98 Å². The number of anilines is 1. The number of alkyl halides is 3. The second-order valence-corrected chi connectivity index (χ2v) is 2.19. The Bertz CT molecular complexity index is 351. The van der Waals surface area contributed by atoms with E-state index in [4.69, 9.17) is 5.73 Å². The highest BCUT2D eigenvalue weighted by molar-refractivity contribution is 5.48. The third-order valence-electron chi connectivity index (χ3n) is 1.15. The lowest BCUT2D eigenvalue weighted by molar-refractivity contribution is -0.276. The van der Waals surface area contributed by atoms with Crippen LogP contribution >= 0.6 is 0 Å². The first kappa shape index (κ1) is 10.5. The molecular weight excluding hydrogens is 211 g/mol. The van der Waals surface area contributed by atoms with Crippen LogP contribution in [0.1, 0.15) is 0 Å². The molecule has 0 atom stereocenters. The van der Waals surface area contributed by atoms with Crippen molar-refractivity contribution < 1.29 is 26.7 Å². The van der Waals surface area contributed by atoms with Gasteiger partial charge >= 0.3 is 6.36 Å². The van der Waals surface area contributed by atoms with Gasteiger partial charge in [-0.15, -0.1) is 13.2 Å². The Morgan fingerprint density at radius 1 is 1.29 bits per heavy atom. The highest BCUT2D eigenvalue weighted by atomic mass is 19.4. The van der Waals surface area contributed by atoms with Gasteiger partial charge in [-0.2, -0.15) is 9.37 Å². The number of nitrogens with zero attached hydrogens (tertiary/aromatic N) is 1. The van der Waals surface area contributed by atoms with E-state index in [1.807, 2.05) is 0 Å². The average Bonchev–Trinajstić information content (AvgIpc) is 1.96. The lowest BCUT2D eigenvalue weighted by Gasteiger charge is -2.09. The molecular formula is C6H3F5N2O. The molecule has 2 N–H and O–H groups in total. The van der Waals surface area contributed by atoms with E-state index in [1.54, 1.807) is 0 Å². The van der Waals surface area contributed by atoms with Crippen molar-refractivity contribution in [3.8, 4) is 5.88 Å². The normalized spacial score (nSPS) is 11.5. The van der Waals surface area contributed by atoms with Crippen molar-refractivity contribution in [3.63, 3.8) is 0 Å². The zero-order valence-corrected chi connectivity index (χ0v) is 6.40. The monoisotopic (exact) mass is 214 g/mol. The Balaban J connectivity index is 3.09. The second kappa shape index (κ2) is 3.28. The van der Waals surface area contributed by atoms with Crippen LogP contribution < -0.4 is 10.5 Å². The van der Waals surface area contributed by atoms with Crippen LogP contribution in [0.2, 0.25) is 0 Å². The van der Waals surface area contributed by atoms with Crippen LogP contribution in [-0.4, -0.2) is 11.3 Å². The number of halogens is 5. The van der Waals surface area contributed by atoms with E-state index in [0.717, 1.165) is 0 Å². The fraction of sp³-hybridized carbons (Fsp3) is 0.167. The predicted octanol–water partition coefficient (Wildman–Crippen LogP) is 1.84. The zero-order valence-electron chi connectivity index (χ0n) is 6.40. The first-order valence-corrected chi connectivity index (χ1v) is 3.17. The minimum absolute atomic E-state index is 0.249. The molecule has 8 heteroatoms. The Morgan fingerprint density at radius 3 is 2.36 bits per heavy atom. The highest BCUT2D eigenvalue weighted by Gasteiger charge is 2.33. The maximum Gasteiger partial charge on any atom is 0.574 e. The number of hydrogen-bond donors (Lipinski definition) is 1. The molecule has 0 radical (unpaired) electrons. The van der Waals surface area contributed by atoms with Gasteiger partial charge in [-0.1, -0.05) is 0 Å². The van der Waals surface area contributed by atoms with Crippen molar-refractivity contribution >= 4 is 5.69 Å². The van der Waals surface area contributed by atoms with Gasteiger partial charge in [0.25, 0.3) is 5.88 Å². The molecule has 1 aromatic heterocycles. The van der Waals surface area contributed by atoms with Crippen LogP contribution in [0.5, 0.6) is 5.88 Å². The SMILES string of the molecule is Nc1c(F)cc(F)nc1OC(F)(F)F. The molecule has 1 heterocycles. The molecule has 1 aromatic rings.